The van der Waals surface area contributed by atoms with E-state index in [4.69, 9.17) is 17.3 Å². The molecule has 0 aliphatic carbocycles. The molecule has 0 saturated heterocycles. The molecule has 0 spiro atoms. The summed E-state index contributed by atoms with van der Waals surface area (Å²) in [4.78, 5) is 3.93. The number of nitrogens with zero attached hydrogens (tertiary/aromatic N) is 2. The fourth-order valence-corrected chi connectivity index (χ4v) is 3.76. The second kappa shape index (κ2) is 9.20. The summed E-state index contributed by atoms with van der Waals surface area (Å²) in [7, 11) is -3.65. The summed E-state index contributed by atoms with van der Waals surface area (Å²) in [6.45, 7) is 0.861. The number of benzene rings is 1. The minimum Gasteiger partial charge on any atom is -0.329 e. The van der Waals surface area contributed by atoms with Gasteiger partial charge in [0.15, 0.2) is 0 Å². The Hall–Kier alpha value is -1.18. The molecular formula is C15H19Cl2N3O2S. The second-order valence-electron chi connectivity index (χ2n) is 4.77. The van der Waals surface area contributed by atoms with Crippen LogP contribution < -0.4 is 5.73 Å². The van der Waals surface area contributed by atoms with Crippen LogP contribution in [0.15, 0.2) is 53.7 Å². The Morgan fingerprint density at radius 1 is 1.13 bits per heavy atom. The minimum atomic E-state index is -3.65. The summed E-state index contributed by atoms with van der Waals surface area (Å²) >= 11 is 5.84. The maximum Gasteiger partial charge on any atom is 0.244 e. The van der Waals surface area contributed by atoms with Gasteiger partial charge in [-0.2, -0.15) is 4.31 Å². The third-order valence-electron chi connectivity index (χ3n) is 3.19. The fourth-order valence-electron chi connectivity index (χ4n) is 2.08. The zero-order valence-corrected chi connectivity index (χ0v) is 14.8. The third kappa shape index (κ3) is 5.44. The molecule has 2 aromatic rings. The van der Waals surface area contributed by atoms with Crippen molar-refractivity contribution in [2.24, 2.45) is 5.73 Å². The molecule has 2 rings (SSSR count). The molecular weight excluding hydrogens is 357 g/mol. The smallest absolute Gasteiger partial charge is 0.244 e. The van der Waals surface area contributed by atoms with Gasteiger partial charge in [-0.25, -0.2) is 8.42 Å². The maximum absolute atomic E-state index is 12.7. The molecule has 0 radical (unpaired) electrons. The minimum absolute atomic E-state index is 0. The first-order valence-corrected chi connectivity index (χ1v) is 8.70. The normalized spacial score (nSPS) is 11.3. The first-order chi connectivity index (χ1) is 10.5. The van der Waals surface area contributed by atoms with Crippen LogP contribution in [0.1, 0.15) is 5.56 Å². The van der Waals surface area contributed by atoms with Crippen LogP contribution in [-0.2, 0) is 16.4 Å². The van der Waals surface area contributed by atoms with Gasteiger partial charge in [-0.1, -0.05) is 41.9 Å². The zero-order valence-electron chi connectivity index (χ0n) is 12.4. The van der Waals surface area contributed by atoms with Crippen molar-refractivity contribution >= 4 is 34.0 Å². The Morgan fingerprint density at radius 3 is 2.43 bits per heavy atom. The maximum atomic E-state index is 12.7. The first-order valence-electron chi connectivity index (χ1n) is 6.89. The number of halogens is 2. The molecule has 0 atom stereocenters. The molecule has 0 bridgehead atoms. The summed E-state index contributed by atoms with van der Waals surface area (Å²) in [6, 6.07) is 11.1. The number of nitrogens with two attached hydrogens (primary N) is 1. The molecule has 126 valence electrons. The van der Waals surface area contributed by atoms with E-state index in [9.17, 15) is 8.42 Å². The topological polar surface area (TPSA) is 76.3 Å². The average Bonchev–Trinajstić information content (AvgIpc) is 2.52. The van der Waals surface area contributed by atoms with E-state index in [0.29, 0.717) is 13.0 Å². The second-order valence-corrected chi connectivity index (χ2v) is 7.14. The highest BCUT2D eigenvalue weighted by atomic mass is 35.5. The van der Waals surface area contributed by atoms with Crippen LogP contribution in [0, 0.1) is 0 Å². The molecule has 1 aromatic carbocycles. The van der Waals surface area contributed by atoms with E-state index < -0.39 is 10.0 Å². The van der Waals surface area contributed by atoms with E-state index in [1.165, 1.54) is 22.8 Å². The van der Waals surface area contributed by atoms with Gasteiger partial charge >= 0.3 is 0 Å². The summed E-state index contributed by atoms with van der Waals surface area (Å²) in [5.74, 6) is 0. The van der Waals surface area contributed by atoms with Crippen LogP contribution >= 0.6 is 24.0 Å². The molecule has 23 heavy (non-hydrogen) atoms. The van der Waals surface area contributed by atoms with Crippen LogP contribution in [-0.4, -0.2) is 37.3 Å². The van der Waals surface area contributed by atoms with Gasteiger partial charge in [0.25, 0.3) is 0 Å². The highest BCUT2D eigenvalue weighted by Crippen LogP contribution is 2.18. The lowest BCUT2D eigenvalue weighted by molar-refractivity contribution is 0.421. The van der Waals surface area contributed by atoms with Crippen molar-refractivity contribution in [1.29, 1.82) is 0 Å². The molecule has 0 amide bonds. The van der Waals surface area contributed by atoms with Crippen molar-refractivity contribution in [3.8, 4) is 0 Å². The summed E-state index contributed by atoms with van der Waals surface area (Å²) in [5.41, 5.74) is 6.63. The van der Waals surface area contributed by atoms with Crippen LogP contribution in [0.2, 0.25) is 5.02 Å². The van der Waals surface area contributed by atoms with Gasteiger partial charge in [0.2, 0.25) is 10.0 Å². The highest BCUT2D eigenvalue weighted by Gasteiger charge is 2.24. The largest absolute Gasteiger partial charge is 0.329 e. The first kappa shape index (κ1) is 19.9. The molecule has 8 heteroatoms. The molecule has 5 nitrogen and oxygen atoms in total. The number of rotatable bonds is 7. The molecule has 1 aromatic heterocycles. The van der Waals surface area contributed by atoms with Crippen molar-refractivity contribution in [2.75, 3.05) is 19.6 Å². The van der Waals surface area contributed by atoms with Crippen molar-refractivity contribution < 1.29 is 8.42 Å². The molecule has 0 aliphatic heterocycles. The van der Waals surface area contributed by atoms with Gasteiger partial charge in [0.05, 0.1) is 5.02 Å². The number of aromatic nitrogens is 1. The highest BCUT2D eigenvalue weighted by molar-refractivity contribution is 7.89. The average molecular weight is 376 g/mol. The van der Waals surface area contributed by atoms with E-state index >= 15 is 0 Å². The van der Waals surface area contributed by atoms with E-state index in [1.54, 1.807) is 0 Å². The van der Waals surface area contributed by atoms with Crippen molar-refractivity contribution in [3.05, 3.63) is 59.4 Å². The van der Waals surface area contributed by atoms with Gasteiger partial charge in [0, 0.05) is 32.0 Å². The standard InChI is InChI=1S/C15H18ClN3O2S.ClH/c16-14-10-15(12-18-11-14)22(20,21)19(9-7-17)8-6-13-4-2-1-3-5-13;/h1-5,10-12H,6-9,17H2;1H. The SMILES string of the molecule is Cl.NCCN(CCc1ccccc1)S(=O)(=O)c1cncc(Cl)c1. The van der Waals surface area contributed by atoms with E-state index in [2.05, 4.69) is 4.98 Å². The van der Waals surface area contributed by atoms with Crippen molar-refractivity contribution in [2.45, 2.75) is 11.3 Å². The number of hydrogen-bond acceptors (Lipinski definition) is 4. The lowest BCUT2D eigenvalue weighted by atomic mass is 10.1. The Morgan fingerprint density at radius 2 is 1.83 bits per heavy atom. The Bertz CT molecular complexity index is 712. The summed E-state index contributed by atoms with van der Waals surface area (Å²) < 4.78 is 26.7. The summed E-state index contributed by atoms with van der Waals surface area (Å²) in [5, 5.41) is 0.289. The number of pyridine rings is 1. The Kier molecular flexibility index (Phi) is 7.94. The molecule has 1 heterocycles. The Balaban J connectivity index is 0.00000264. The fraction of sp³-hybridized carbons (Fsp3) is 0.267. The van der Waals surface area contributed by atoms with Gasteiger partial charge in [0.1, 0.15) is 4.90 Å². The van der Waals surface area contributed by atoms with Crippen LogP contribution in [0.5, 0.6) is 0 Å². The summed E-state index contributed by atoms with van der Waals surface area (Å²) in [6.07, 6.45) is 3.32. The van der Waals surface area contributed by atoms with Crippen LogP contribution in [0.25, 0.3) is 0 Å². The van der Waals surface area contributed by atoms with Gasteiger partial charge in [-0.15, -0.1) is 12.4 Å². The van der Waals surface area contributed by atoms with Gasteiger partial charge in [-0.3, -0.25) is 4.98 Å². The quantitative estimate of drug-likeness (QED) is 0.805. The predicted molar refractivity (Wildman–Crippen MR) is 94.5 cm³/mol. The molecule has 0 unspecified atom stereocenters. The lowest BCUT2D eigenvalue weighted by Crippen LogP contribution is -2.37. The van der Waals surface area contributed by atoms with E-state index in [1.807, 2.05) is 30.3 Å². The predicted octanol–water partition coefficient (Wildman–Crippen LogP) is 2.35. The van der Waals surface area contributed by atoms with Crippen molar-refractivity contribution in [1.82, 2.24) is 9.29 Å². The van der Waals surface area contributed by atoms with Crippen molar-refractivity contribution in [3.63, 3.8) is 0 Å². The molecule has 0 saturated carbocycles. The van der Waals surface area contributed by atoms with E-state index in [-0.39, 0.29) is 35.4 Å². The third-order valence-corrected chi connectivity index (χ3v) is 5.26. The van der Waals surface area contributed by atoms with Crippen LogP contribution in [0.4, 0.5) is 0 Å². The molecule has 0 aliphatic rings. The lowest BCUT2D eigenvalue weighted by Gasteiger charge is -2.21. The monoisotopic (exact) mass is 375 g/mol. The molecule has 2 N–H and O–H groups in total. The van der Waals surface area contributed by atoms with Gasteiger partial charge < -0.3 is 5.73 Å². The number of sulfonamides is 1. The van der Waals surface area contributed by atoms with Crippen LogP contribution in [0.3, 0.4) is 0 Å². The number of hydrogen-bond donors (Lipinski definition) is 1. The van der Waals surface area contributed by atoms with E-state index in [0.717, 1.165) is 5.56 Å². The Labute approximate surface area is 147 Å². The van der Waals surface area contributed by atoms with Gasteiger partial charge in [-0.05, 0) is 18.1 Å². The molecule has 0 fully saturated rings. The zero-order chi connectivity index (χ0) is 16.0.